The smallest absolute Gasteiger partial charge is 0.163 e. The van der Waals surface area contributed by atoms with E-state index in [1.807, 2.05) is 6.07 Å². The molecular weight excluding hydrogens is 218 g/mol. The number of carbonyl (C=O) groups is 1. The van der Waals surface area contributed by atoms with Crippen LogP contribution in [0.25, 0.3) is 0 Å². The van der Waals surface area contributed by atoms with Gasteiger partial charge in [0, 0.05) is 37.4 Å². The highest BCUT2D eigenvalue weighted by molar-refractivity contribution is 5.97. The lowest BCUT2D eigenvalue weighted by atomic mass is 10.1. The Kier molecular flexibility index (Phi) is 3.33. The van der Waals surface area contributed by atoms with Crippen LogP contribution in [0.4, 0.5) is 5.69 Å². The molecule has 2 rings (SSSR count). The lowest BCUT2D eigenvalue weighted by Gasteiger charge is -2.19. The number of hydrogen-bond donors (Lipinski definition) is 2. The molecule has 17 heavy (non-hydrogen) atoms. The van der Waals surface area contributed by atoms with Crippen LogP contribution in [0.1, 0.15) is 23.7 Å². The zero-order valence-corrected chi connectivity index (χ0v) is 9.89. The summed E-state index contributed by atoms with van der Waals surface area (Å²) in [6, 6.07) is 5.12. The maximum atomic E-state index is 11.2. The van der Waals surface area contributed by atoms with E-state index >= 15 is 0 Å². The Morgan fingerprint density at radius 1 is 1.53 bits per heavy atom. The summed E-state index contributed by atoms with van der Waals surface area (Å²) in [6.07, 6.45) is 0.964. The van der Waals surface area contributed by atoms with Crippen molar-refractivity contribution in [3.8, 4) is 5.75 Å². The third-order valence-corrected chi connectivity index (χ3v) is 3.27. The molecule has 0 radical (unpaired) electrons. The highest BCUT2D eigenvalue weighted by atomic mass is 16.3. The van der Waals surface area contributed by atoms with E-state index in [4.69, 9.17) is 5.11 Å². The predicted molar refractivity (Wildman–Crippen MR) is 65.5 cm³/mol. The number of hydrogen-bond acceptors (Lipinski definition) is 4. The molecule has 0 bridgehead atoms. The molecule has 0 aromatic heterocycles. The Morgan fingerprint density at radius 3 is 2.82 bits per heavy atom. The number of benzene rings is 1. The van der Waals surface area contributed by atoms with Crippen molar-refractivity contribution < 1.29 is 15.0 Å². The lowest BCUT2D eigenvalue weighted by molar-refractivity contribution is 0.101. The molecule has 1 atom stereocenters. The molecule has 4 heteroatoms. The molecule has 4 nitrogen and oxygen atoms in total. The topological polar surface area (TPSA) is 60.8 Å². The Morgan fingerprint density at radius 2 is 2.29 bits per heavy atom. The van der Waals surface area contributed by atoms with Crippen LogP contribution in [0.5, 0.6) is 5.75 Å². The van der Waals surface area contributed by atoms with Crippen molar-refractivity contribution in [2.45, 2.75) is 13.3 Å². The van der Waals surface area contributed by atoms with Gasteiger partial charge in [-0.3, -0.25) is 4.79 Å². The number of phenols is 1. The van der Waals surface area contributed by atoms with Crippen molar-refractivity contribution >= 4 is 11.5 Å². The maximum Gasteiger partial charge on any atom is 0.163 e. The van der Waals surface area contributed by atoms with E-state index in [1.165, 1.54) is 6.92 Å². The van der Waals surface area contributed by atoms with Crippen LogP contribution in [0.2, 0.25) is 0 Å². The average molecular weight is 235 g/mol. The van der Waals surface area contributed by atoms with E-state index in [0.29, 0.717) is 11.5 Å². The molecule has 0 amide bonds. The molecule has 1 unspecified atom stereocenters. The van der Waals surface area contributed by atoms with E-state index in [9.17, 15) is 9.90 Å². The van der Waals surface area contributed by atoms with Crippen LogP contribution in [-0.2, 0) is 0 Å². The number of rotatable bonds is 3. The van der Waals surface area contributed by atoms with Crippen LogP contribution in [-0.4, -0.2) is 35.7 Å². The molecule has 1 saturated heterocycles. The Labute approximate surface area is 100 Å². The zero-order chi connectivity index (χ0) is 12.4. The van der Waals surface area contributed by atoms with Gasteiger partial charge >= 0.3 is 0 Å². The van der Waals surface area contributed by atoms with Gasteiger partial charge < -0.3 is 15.1 Å². The van der Waals surface area contributed by atoms with Gasteiger partial charge in [-0.2, -0.15) is 0 Å². The molecule has 1 fully saturated rings. The first-order valence-corrected chi connectivity index (χ1v) is 5.81. The van der Waals surface area contributed by atoms with E-state index in [2.05, 4.69) is 4.90 Å². The highest BCUT2D eigenvalue weighted by Crippen LogP contribution is 2.28. The first-order valence-electron chi connectivity index (χ1n) is 5.81. The number of nitrogens with zero attached hydrogens (tertiary/aromatic N) is 1. The van der Waals surface area contributed by atoms with E-state index < -0.39 is 0 Å². The van der Waals surface area contributed by atoms with Crippen molar-refractivity contribution in [2.24, 2.45) is 5.92 Å². The van der Waals surface area contributed by atoms with Gasteiger partial charge in [-0.25, -0.2) is 0 Å². The fourth-order valence-electron chi connectivity index (χ4n) is 2.23. The number of phenolic OH excluding ortho intramolecular Hbond substituents is 1. The first kappa shape index (κ1) is 11.9. The SMILES string of the molecule is CC(=O)c1ccc(N2CCC(CO)C2)cc1O. The molecule has 0 spiro atoms. The van der Waals surface area contributed by atoms with Crippen molar-refractivity contribution in [1.29, 1.82) is 0 Å². The average Bonchev–Trinajstić information content (AvgIpc) is 2.76. The highest BCUT2D eigenvalue weighted by Gasteiger charge is 2.22. The largest absolute Gasteiger partial charge is 0.507 e. The number of ketones is 1. The minimum Gasteiger partial charge on any atom is -0.507 e. The minimum absolute atomic E-state index is 0.0300. The Balaban J connectivity index is 2.18. The summed E-state index contributed by atoms with van der Waals surface area (Å²) in [6.45, 7) is 3.32. The van der Waals surface area contributed by atoms with Crippen molar-refractivity contribution in [3.63, 3.8) is 0 Å². The van der Waals surface area contributed by atoms with Crippen LogP contribution in [0.15, 0.2) is 18.2 Å². The minimum atomic E-state index is -0.135. The van der Waals surface area contributed by atoms with Crippen LogP contribution in [0, 0.1) is 5.92 Å². The van der Waals surface area contributed by atoms with Gasteiger partial charge in [-0.05, 0) is 25.5 Å². The molecule has 2 N–H and O–H groups in total. The monoisotopic (exact) mass is 235 g/mol. The number of aliphatic hydroxyl groups is 1. The molecular formula is C13H17NO3. The van der Waals surface area contributed by atoms with Gasteiger partial charge in [0.1, 0.15) is 5.75 Å². The standard InChI is InChI=1S/C13H17NO3/c1-9(16)12-3-2-11(6-13(12)17)14-5-4-10(7-14)8-15/h2-3,6,10,15,17H,4-5,7-8H2,1H3. The number of aliphatic hydroxyl groups excluding tert-OH is 1. The summed E-state index contributed by atoms with van der Waals surface area (Å²) in [5, 5.41) is 18.8. The van der Waals surface area contributed by atoms with Gasteiger partial charge in [0.15, 0.2) is 5.78 Å². The number of Topliss-reactive ketones (excluding diaryl/α,β-unsaturated/α-hetero) is 1. The quantitative estimate of drug-likeness (QED) is 0.778. The summed E-state index contributed by atoms with van der Waals surface area (Å²) in [7, 11) is 0. The van der Waals surface area contributed by atoms with Gasteiger partial charge in [-0.1, -0.05) is 0 Å². The van der Waals surface area contributed by atoms with Gasteiger partial charge in [0.2, 0.25) is 0 Å². The van der Waals surface area contributed by atoms with Crippen LogP contribution < -0.4 is 4.90 Å². The molecule has 1 aliphatic heterocycles. The zero-order valence-electron chi connectivity index (χ0n) is 9.89. The van der Waals surface area contributed by atoms with Gasteiger partial charge in [0.05, 0.1) is 5.56 Å². The second kappa shape index (κ2) is 4.75. The lowest BCUT2D eigenvalue weighted by Crippen LogP contribution is -2.20. The van der Waals surface area contributed by atoms with Crippen LogP contribution in [0.3, 0.4) is 0 Å². The molecule has 92 valence electrons. The van der Waals surface area contributed by atoms with Gasteiger partial charge in [0.25, 0.3) is 0 Å². The molecule has 1 aliphatic rings. The summed E-state index contributed by atoms with van der Waals surface area (Å²) in [5.41, 5.74) is 1.26. The normalized spacial score (nSPS) is 19.6. The summed E-state index contributed by atoms with van der Waals surface area (Å²) < 4.78 is 0. The molecule has 0 saturated carbocycles. The summed E-state index contributed by atoms with van der Waals surface area (Å²) in [5.74, 6) is 0.204. The van der Waals surface area contributed by atoms with Crippen molar-refractivity contribution in [2.75, 3.05) is 24.6 Å². The number of carbonyl (C=O) groups excluding carboxylic acids is 1. The van der Waals surface area contributed by atoms with Crippen molar-refractivity contribution in [3.05, 3.63) is 23.8 Å². The van der Waals surface area contributed by atoms with Gasteiger partial charge in [-0.15, -0.1) is 0 Å². The molecule has 1 aromatic rings. The van der Waals surface area contributed by atoms with E-state index in [-0.39, 0.29) is 18.1 Å². The first-order chi connectivity index (χ1) is 8.11. The van der Waals surface area contributed by atoms with E-state index in [0.717, 1.165) is 25.2 Å². The fraction of sp³-hybridized carbons (Fsp3) is 0.462. The molecule has 1 aromatic carbocycles. The van der Waals surface area contributed by atoms with E-state index in [1.54, 1.807) is 12.1 Å². The molecule has 1 heterocycles. The number of anilines is 1. The predicted octanol–water partition coefficient (Wildman–Crippen LogP) is 1.41. The number of aromatic hydroxyl groups is 1. The second-order valence-corrected chi connectivity index (χ2v) is 4.54. The third-order valence-electron chi connectivity index (χ3n) is 3.27. The summed E-state index contributed by atoms with van der Waals surface area (Å²) >= 11 is 0. The maximum absolute atomic E-state index is 11.2. The Hall–Kier alpha value is -1.55. The van der Waals surface area contributed by atoms with Crippen LogP contribution >= 0.6 is 0 Å². The van der Waals surface area contributed by atoms with Crippen molar-refractivity contribution in [1.82, 2.24) is 0 Å². The second-order valence-electron chi connectivity index (χ2n) is 4.54. The third kappa shape index (κ3) is 2.42. The molecule has 0 aliphatic carbocycles. The Bertz CT molecular complexity index is 431. The summed E-state index contributed by atoms with van der Waals surface area (Å²) in [4.78, 5) is 13.3. The fourth-order valence-corrected chi connectivity index (χ4v) is 2.23.